The zero-order chi connectivity index (χ0) is 93.7. The maximum atomic E-state index is 12.3. The molecule has 24 N–H and O–H groups in total. The van der Waals surface area contributed by atoms with Crippen molar-refractivity contribution in [2.24, 2.45) is 0 Å². The summed E-state index contributed by atoms with van der Waals surface area (Å²) in [5.74, 6) is -14.4. The van der Waals surface area contributed by atoms with E-state index in [1.54, 1.807) is 0 Å². The fourth-order valence-electron chi connectivity index (χ4n) is 14.7. The van der Waals surface area contributed by atoms with Gasteiger partial charge in [-0.15, -0.1) is 0 Å². The van der Waals surface area contributed by atoms with Crippen LogP contribution in [0.5, 0.6) is 0 Å². The van der Waals surface area contributed by atoms with Crippen LogP contribution in [-0.2, 0) is 114 Å². The van der Waals surface area contributed by atoms with Crippen molar-refractivity contribution in [3.63, 3.8) is 0 Å². The number of thioether (sulfide) groups is 8. The molecule has 129 heavy (non-hydrogen) atoms. The molecule has 0 aromatic carbocycles. The summed E-state index contributed by atoms with van der Waals surface area (Å²) in [6.45, 7) is 0. The minimum atomic E-state index is -2.33. The Hall–Kier alpha value is -1.72. The summed E-state index contributed by atoms with van der Waals surface area (Å²) in [5.41, 5.74) is 0. The molecule has 30 aliphatic heterocycles. The summed E-state index contributed by atoms with van der Waals surface area (Å²) >= 11 is 7.04. The third kappa shape index (κ3) is 32.2. The molecule has 30 rings (SSSR count). The Balaban J connectivity index is 0.0000206. The van der Waals surface area contributed by atoms with Crippen LogP contribution >= 0.6 is 94.1 Å². The van der Waals surface area contributed by atoms with E-state index >= 15 is 0 Å². The van der Waals surface area contributed by atoms with E-state index in [0.29, 0.717) is 0 Å². The quantitative estimate of drug-likeness (QED) is 0.0200. The van der Waals surface area contributed by atoms with Crippen LogP contribution in [0.4, 0.5) is 0 Å². The van der Waals surface area contributed by atoms with Crippen molar-refractivity contribution in [1.82, 2.24) is 0 Å². The monoisotopic (exact) mass is 2020 g/mol. The van der Waals surface area contributed by atoms with E-state index in [9.17, 15) is 161 Å². The molecular weight excluding hydrogens is 1910 g/mol. The van der Waals surface area contributed by atoms with E-state index in [4.69, 9.17) is 75.8 Å². The van der Waals surface area contributed by atoms with Crippen molar-refractivity contribution < 1.29 is 237 Å². The Labute approximate surface area is 791 Å². The Kier molecular flexibility index (Phi) is 47.8. The fraction of sp³-hybridized carbons (Fsp3) is 0.889. The molecule has 48 nitrogen and oxygen atoms in total. The first-order chi connectivity index (χ1) is 60.7. The number of carboxylic acids is 8. The van der Waals surface area contributed by atoms with Crippen molar-refractivity contribution in [2.75, 3.05) is 92.0 Å². The van der Waals surface area contributed by atoms with E-state index in [0.717, 1.165) is 94.1 Å². The standard InChI is InChI=1S/C72H112O48S8.Na/c73-33(74)1-9-121-17-25-57-41(89)49(97)65(105-25)114-58-26(18-122-10-2-34(75)76)107-67(51(99)43(58)91)116-60-28(20-124-12-4-36(79)80)109-69(53(101)45(60)93)118-62-30(22-126-14-6-38(83)84)111-71(55(103)47(62)95)120-64-32(24-128-16-8-40(87)88)112-72(56(104)48(64)96)119-63-31(23-127-15-7-39(85)86)110-70(54(102)46(63)94)117-61-29(21-125-13-5-37(81)82)108-68(52(100)44(61)92)115-59-27(19-123-11-3-35(77)78)106-66(113-57)50(98)42(59)90;/h25-32,41-72,89-104H,1-24H2,(H,73,74)(H,75,76)(H,77,78)(H,79,80)(H,81,82)(H,83,84)(H,85,86)(H,87,88);/t25-,26-,27-,28-,29?,30?,31-,32?,41-,42-,43-,44-,45-,46-,47-,48-,49-,50-,51-,52-,53-,54-,55-,56-,57-,58-,59-,60-,61-,62-,63-,64-,65-,66-,67-,68-,69-,70-,71-,72-;/m1./s1. The Morgan fingerprint density at radius 2 is 0.256 bits per heavy atom. The molecule has 40 atom stereocenters. The molecule has 30 heterocycles. The number of aliphatic hydroxyl groups excluding tert-OH is 16. The molecule has 1 radical (unpaired) electrons. The summed E-state index contributed by atoms with van der Waals surface area (Å²) in [5, 5.41) is 272. The van der Waals surface area contributed by atoms with Gasteiger partial charge in [0.2, 0.25) is 0 Å². The van der Waals surface area contributed by atoms with Crippen molar-refractivity contribution in [3.05, 3.63) is 0 Å². The number of aliphatic hydroxyl groups is 16. The van der Waals surface area contributed by atoms with Gasteiger partial charge < -0.3 is 198 Å². The number of aliphatic carboxylic acids is 8. The average molecular weight is 2030 g/mol. The second-order valence-corrected chi connectivity index (χ2v) is 39.9. The van der Waals surface area contributed by atoms with E-state index in [1.807, 2.05) is 0 Å². The Morgan fingerprint density at radius 3 is 0.341 bits per heavy atom. The normalized spacial score (nSPS) is 41.2. The van der Waals surface area contributed by atoms with Crippen LogP contribution in [0.2, 0.25) is 0 Å². The molecule has 0 saturated carbocycles. The molecule has 0 aromatic heterocycles. The minimum absolute atomic E-state index is 0. The molecular formula is C72H112NaO48S8. The predicted molar refractivity (Wildman–Crippen MR) is 447 cm³/mol. The van der Waals surface area contributed by atoms with Crippen molar-refractivity contribution >= 4 is 171 Å². The third-order valence-corrected chi connectivity index (χ3v) is 29.9. The summed E-state index contributed by atoms with van der Waals surface area (Å²) < 4.78 is 100. The van der Waals surface area contributed by atoms with E-state index in [1.165, 1.54) is 0 Å². The van der Waals surface area contributed by atoms with Crippen molar-refractivity contribution in [3.8, 4) is 0 Å². The summed E-state index contributed by atoms with van der Waals surface area (Å²) in [6, 6.07) is 0. The van der Waals surface area contributed by atoms with Gasteiger partial charge in [-0.3, -0.25) is 38.4 Å². The smallest absolute Gasteiger partial charge is 0.304 e. The second kappa shape index (κ2) is 54.7. The first kappa shape index (κ1) is 113. The maximum Gasteiger partial charge on any atom is 0.304 e. The first-order valence-electron chi connectivity index (χ1n) is 40.5. The van der Waals surface area contributed by atoms with Gasteiger partial charge in [-0.2, -0.15) is 94.1 Å². The van der Waals surface area contributed by atoms with Crippen LogP contribution in [0.3, 0.4) is 0 Å². The van der Waals surface area contributed by atoms with Gasteiger partial charge in [0.1, 0.15) is 146 Å². The molecule has 30 aliphatic rings. The third-order valence-electron chi connectivity index (χ3n) is 21.4. The molecule has 0 amide bonds. The zero-order valence-electron chi connectivity index (χ0n) is 68.9. The number of hydrogen-bond donors (Lipinski definition) is 24. The van der Waals surface area contributed by atoms with E-state index in [2.05, 4.69) is 0 Å². The summed E-state index contributed by atoms with van der Waals surface area (Å²) in [6.07, 6.45) is -85.9. The summed E-state index contributed by atoms with van der Waals surface area (Å²) in [4.78, 5) is 94.3. The SMILES string of the molecule is O=C(O)CCSCC1O[C@@H]2O[C@H]3[C@H](O)[C@@H](O)[C@@H](O[C@H]4[C@H](O)[C@@H](O)[C@@H](O[C@H]5[C@H](O)[C@@H](O)[C@@H](O[C@H]6[C@H](O)[C@@H](O)[C@@H](O[C@@H]7C(CSCCC(=O)O)O[C@H](O[C@@H]8C(CSCCC(=O)O)O[C@H](O[C@H]9[C@H](O)[C@@H](O)[C@@H](O[C@H]1[C@H](O)[C@H]2O)O[C@@H]9CSCCC(=O)O)[C@H](O)[C@H]8O)[C@H](O)[C@H]7O)O[C@@H]6CSCCC(=O)O)O[C@@H]5CSCCC(=O)O)O[C@@H]4CSCCC(=O)O)O[C@@H]3CSCCC(=O)O.[Na]. The van der Waals surface area contributed by atoms with Crippen LogP contribution in [0.25, 0.3) is 0 Å². The fourth-order valence-corrected chi connectivity index (χ4v) is 22.6. The van der Waals surface area contributed by atoms with Gasteiger partial charge in [0.15, 0.2) is 50.3 Å². The van der Waals surface area contributed by atoms with Gasteiger partial charge in [-0.1, -0.05) is 0 Å². The average Bonchev–Trinajstić information content (AvgIpc) is 0.765. The topological polar surface area (TPSA) is 770 Å². The number of carbonyl (C=O) groups is 8. The number of hydrogen-bond acceptors (Lipinski definition) is 48. The molecule has 0 spiro atoms. The largest absolute Gasteiger partial charge is 0.481 e. The van der Waals surface area contributed by atoms with Gasteiger partial charge in [-0.05, 0) is 0 Å². The van der Waals surface area contributed by atoms with Crippen molar-refractivity contribution in [2.45, 2.75) is 297 Å². The Bertz CT molecular complexity index is 2840. The Morgan fingerprint density at radius 1 is 0.163 bits per heavy atom. The van der Waals surface area contributed by atoms with Crippen LogP contribution in [-0.4, -0.2) is 538 Å². The van der Waals surface area contributed by atoms with E-state index < -0.39 is 345 Å². The van der Waals surface area contributed by atoms with Crippen molar-refractivity contribution in [1.29, 1.82) is 0 Å². The van der Waals surface area contributed by atoms with Crippen LogP contribution in [0, 0.1) is 0 Å². The van der Waals surface area contributed by atoms with Crippen LogP contribution in [0.1, 0.15) is 51.4 Å². The molecule has 737 valence electrons. The minimum Gasteiger partial charge on any atom is -0.481 e. The van der Waals surface area contributed by atoms with Gasteiger partial charge in [-0.25, -0.2) is 0 Å². The van der Waals surface area contributed by atoms with Gasteiger partial charge in [0.25, 0.3) is 0 Å². The molecule has 30 saturated heterocycles. The van der Waals surface area contributed by atoms with Gasteiger partial charge in [0.05, 0.1) is 100 Å². The maximum absolute atomic E-state index is 12.3. The molecule has 16 bridgehead atoms. The van der Waals surface area contributed by atoms with Crippen LogP contribution < -0.4 is 0 Å². The van der Waals surface area contributed by atoms with E-state index in [-0.39, 0.29) is 122 Å². The predicted octanol–water partition coefficient (Wildman–Crippen LogP) is -8.06. The number of ether oxygens (including phenoxy) is 16. The number of rotatable bonds is 40. The molecule has 30 fully saturated rings. The molecule has 57 heteroatoms. The molecule has 3 unspecified atom stereocenters. The van der Waals surface area contributed by atoms with Gasteiger partial charge >= 0.3 is 47.8 Å². The number of carboxylic acid groups (broad SMARTS) is 8. The van der Waals surface area contributed by atoms with Crippen LogP contribution in [0.15, 0.2) is 0 Å². The zero-order valence-corrected chi connectivity index (χ0v) is 77.4. The molecule has 0 aliphatic carbocycles. The molecule has 0 aromatic rings. The van der Waals surface area contributed by atoms with Gasteiger partial charge in [0, 0.05) is 122 Å². The second-order valence-electron chi connectivity index (χ2n) is 30.7. The summed E-state index contributed by atoms with van der Waals surface area (Å²) in [7, 11) is 0. The first-order valence-corrected chi connectivity index (χ1v) is 49.7.